The van der Waals surface area contributed by atoms with Crippen LogP contribution in [-0.2, 0) is 32.9 Å². The van der Waals surface area contributed by atoms with Gasteiger partial charge < -0.3 is 24.0 Å². The topological polar surface area (TPSA) is 132 Å². The lowest BCUT2D eigenvalue weighted by Gasteiger charge is -2.18. The average Bonchev–Trinajstić information content (AvgIpc) is 3.79. The van der Waals surface area contributed by atoms with Crippen LogP contribution in [0, 0.1) is 0 Å². The van der Waals surface area contributed by atoms with Crippen molar-refractivity contribution in [2.75, 3.05) is 13.2 Å². The molecule has 1 saturated heterocycles. The summed E-state index contributed by atoms with van der Waals surface area (Å²) in [5, 5.41) is 0. The Balaban J connectivity index is 2.09. The third-order valence-corrected chi connectivity index (χ3v) is 9.19. The fraction of sp³-hybridized carbons (Fsp3) is 0.892. The van der Waals surface area contributed by atoms with Crippen LogP contribution in [0.4, 0.5) is 0 Å². The zero-order valence-electron chi connectivity index (χ0n) is 29.9. The highest BCUT2D eigenvalue weighted by molar-refractivity contribution is 7.46. The van der Waals surface area contributed by atoms with Gasteiger partial charge in [0, 0.05) is 12.8 Å². The van der Waals surface area contributed by atoms with Gasteiger partial charge in [-0.2, -0.15) is 0 Å². The summed E-state index contributed by atoms with van der Waals surface area (Å²) >= 11 is 0. The number of ether oxygens (including phenoxy) is 3. The summed E-state index contributed by atoms with van der Waals surface area (Å²) in [5.41, 5.74) is 0. The highest BCUT2D eigenvalue weighted by atomic mass is 31.2. The Kier molecular flexibility index (Phi) is 27.6. The maximum absolute atomic E-state index is 12.4. The first-order chi connectivity index (χ1) is 22.7. The molecule has 0 spiro atoms. The summed E-state index contributed by atoms with van der Waals surface area (Å²) < 4.78 is 32.1. The van der Waals surface area contributed by atoms with Gasteiger partial charge in [0.1, 0.15) is 6.61 Å². The minimum Gasteiger partial charge on any atom is -0.462 e. The molecule has 1 fully saturated rings. The van der Waals surface area contributed by atoms with Crippen LogP contribution in [0.25, 0.3) is 0 Å². The van der Waals surface area contributed by atoms with Crippen molar-refractivity contribution in [2.24, 2.45) is 0 Å². The predicted molar refractivity (Wildman–Crippen MR) is 188 cm³/mol. The number of phosphoric ester groups is 1. The van der Waals surface area contributed by atoms with E-state index in [9.17, 15) is 14.2 Å². The number of epoxide rings is 1. The van der Waals surface area contributed by atoms with Crippen molar-refractivity contribution >= 4 is 19.8 Å². The van der Waals surface area contributed by atoms with Crippen molar-refractivity contribution in [2.45, 2.75) is 199 Å². The molecule has 276 valence electrons. The quantitative estimate of drug-likeness (QED) is 0.0223. The molecule has 2 unspecified atom stereocenters. The third-order valence-electron chi connectivity index (χ3n) is 8.71. The molecule has 2 N–H and O–H groups in total. The molecule has 1 aliphatic heterocycles. The second-order valence-electron chi connectivity index (χ2n) is 13.3. The first kappa shape index (κ1) is 43.8. The van der Waals surface area contributed by atoms with Gasteiger partial charge in [-0.15, -0.1) is 0 Å². The van der Waals surface area contributed by atoms with E-state index in [1.165, 1.54) is 83.5 Å². The number of carbonyl (C=O) groups excluding carboxylic acids is 2. The minimum absolute atomic E-state index is 0.192. The summed E-state index contributed by atoms with van der Waals surface area (Å²) in [6.45, 7) is 3.63. The first-order valence-electron chi connectivity index (χ1n) is 19.1. The highest BCUT2D eigenvalue weighted by Gasteiger charge is 2.36. The molecule has 0 aromatic heterocycles. The van der Waals surface area contributed by atoms with E-state index in [1.54, 1.807) is 0 Å². The zero-order valence-corrected chi connectivity index (χ0v) is 30.8. The number of carbonyl (C=O) groups is 2. The molecule has 0 bridgehead atoms. The molecule has 0 saturated carbocycles. The summed E-state index contributed by atoms with van der Waals surface area (Å²) in [6, 6.07) is 0. The molecule has 47 heavy (non-hydrogen) atoms. The van der Waals surface area contributed by atoms with Crippen molar-refractivity contribution in [1.29, 1.82) is 0 Å². The lowest BCUT2D eigenvalue weighted by molar-refractivity contribution is -0.161. The van der Waals surface area contributed by atoms with Crippen molar-refractivity contribution in [3.8, 4) is 0 Å². The molecule has 3 atom stereocenters. The molecule has 1 rings (SSSR count). The molecular weight excluding hydrogens is 619 g/mol. The SMILES string of the molecule is CCCCC/C=C\CC1OC1CCCCCCCC(=O)O[C@H](COC(=O)CCCCCCCCCCCCCCC)COP(=O)(O)O. The number of allylic oxidation sites excluding steroid dienone is 1. The predicted octanol–water partition coefficient (Wildman–Crippen LogP) is 10.1. The third kappa shape index (κ3) is 29.4. The second kappa shape index (κ2) is 29.6. The normalized spacial score (nSPS) is 16.9. The number of unbranched alkanes of at least 4 members (excludes halogenated alkanes) is 19. The molecule has 10 heteroatoms. The van der Waals surface area contributed by atoms with Gasteiger partial charge in [-0.05, 0) is 38.5 Å². The highest BCUT2D eigenvalue weighted by Crippen LogP contribution is 2.36. The van der Waals surface area contributed by atoms with Crippen LogP contribution in [0.2, 0.25) is 0 Å². The molecule has 0 amide bonds. The van der Waals surface area contributed by atoms with Gasteiger partial charge in [0.15, 0.2) is 6.10 Å². The monoisotopic (exact) mass is 688 g/mol. The van der Waals surface area contributed by atoms with E-state index in [4.69, 9.17) is 24.0 Å². The van der Waals surface area contributed by atoms with E-state index < -0.39 is 32.5 Å². The first-order valence-corrected chi connectivity index (χ1v) is 20.6. The molecular formula is C37H69O9P. The Labute approximate surface area is 286 Å². The maximum atomic E-state index is 12.4. The minimum atomic E-state index is -4.75. The summed E-state index contributed by atoms with van der Waals surface area (Å²) in [6.07, 6.45) is 32.3. The lowest BCUT2D eigenvalue weighted by atomic mass is 10.0. The van der Waals surface area contributed by atoms with Crippen molar-refractivity contribution in [1.82, 2.24) is 0 Å². The van der Waals surface area contributed by atoms with Crippen molar-refractivity contribution in [3.63, 3.8) is 0 Å². The van der Waals surface area contributed by atoms with E-state index in [0.717, 1.165) is 64.2 Å². The van der Waals surface area contributed by atoms with Gasteiger partial charge in [-0.1, -0.05) is 142 Å². The summed E-state index contributed by atoms with van der Waals surface area (Å²) in [4.78, 5) is 42.7. The number of hydrogen-bond donors (Lipinski definition) is 2. The number of esters is 2. The Hall–Kier alpha value is -1.25. The van der Waals surface area contributed by atoms with E-state index >= 15 is 0 Å². The van der Waals surface area contributed by atoms with Gasteiger partial charge in [-0.25, -0.2) is 4.57 Å². The van der Waals surface area contributed by atoms with E-state index in [0.29, 0.717) is 18.6 Å². The fourth-order valence-electron chi connectivity index (χ4n) is 5.73. The molecule has 0 aliphatic carbocycles. The van der Waals surface area contributed by atoms with Gasteiger partial charge >= 0.3 is 19.8 Å². The van der Waals surface area contributed by atoms with Crippen molar-refractivity contribution in [3.05, 3.63) is 12.2 Å². The number of rotatable bonds is 34. The van der Waals surface area contributed by atoms with Crippen LogP contribution < -0.4 is 0 Å². The standard InChI is InChI=1S/C37H69O9P/c1-3-5-7-9-11-12-13-14-15-16-17-21-25-29-36(38)43-31-33(32-44-47(40,41)42)45-37(39)30-26-22-18-20-24-28-35-34(46-35)27-23-19-10-8-6-4-2/h19,23,33-35H,3-18,20-22,24-32H2,1-2H3,(H2,40,41,42)/b23-19-/t33-,34?,35?/m1/s1. The average molecular weight is 689 g/mol. The van der Waals surface area contributed by atoms with Crippen LogP contribution in [0.5, 0.6) is 0 Å². The molecule has 0 radical (unpaired) electrons. The Morgan fingerprint density at radius 1 is 0.660 bits per heavy atom. The second-order valence-corrected chi connectivity index (χ2v) is 14.5. The number of phosphoric acid groups is 1. The maximum Gasteiger partial charge on any atom is 0.469 e. The summed E-state index contributed by atoms with van der Waals surface area (Å²) in [7, 11) is -4.75. The van der Waals surface area contributed by atoms with E-state index in [2.05, 4.69) is 30.5 Å². The van der Waals surface area contributed by atoms with Gasteiger partial charge in [0.05, 0.1) is 18.8 Å². The van der Waals surface area contributed by atoms with E-state index in [-0.39, 0.29) is 19.4 Å². The largest absolute Gasteiger partial charge is 0.469 e. The van der Waals surface area contributed by atoms with Crippen LogP contribution >= 0.6 is 7.82 Å². The smallest absolute Gasteiger partial charge is 0.462 e. The molecule has 0 aromatic rings. The van der Waals surface area contributed by atoms with Crippen LogP contribution in [0.3, 0.4) is 0 Å². The molecule has 0 aromatic carbocycles. The van der Waals surface area contributed by atoms with Crippen LogP contribution in [0.1, 0.15) is 181 Å². The Morgan fingerprint density at radius 3 is 1.74 bits per heavy atom. The Bertz CT molecular complexity index is 844. The number of hydrogen-bond acceptors (Lipinski definition) is 7. The van der Waals surface area contributed by atoms with Gasteiger partial charge in [-0.3, -0.25) is 14.1 Å². The van der Waals surface area contributed by atoms with E-state index in [1.807, 2.05) is 0 Å². The Morgan fingerprint density at radius 2 is 1.17 bits per heavy atom. The zero-order chi connectivity index (χ0) is 34.4. The lowest BCUT2D eigenvalue weighted by Crippen LogP contribution is -2.29. The molecule has 1 aliphatic rings. The van der Waals surface area contributed by atoms with Crippen LogP contribution in [-0.4, -0.2) is 53.3 Å². The molecule has 9 nitrogen and oxygen atoms in total. The van der Waals surface area contributed by atoms with Gasteiger partial charge in [0.2, 0.25) is 0 Å². The van der Waals surface area contributed by atoms with Gasteiger partial charge in [0.25, 0.3) is 0 Å². The summed E-state index contributed by atoms with van der Waals surface area (Å²) in [5.74, 6) is -0.902. The fourth-order valence-corrected chi connectivity index (χ4v) is 6.09. The molecule has 1 heterocycles. The van der Waals surface area contributed by atoms with Crippen LogP contribution in [0.15, 0.2) is 12.2 Å². The van der Waals surface area contributed by atoms with Crippen molar-refractivity contribution < 1.29 is 42.7 Å².